The number of likely N-dealkylation sites (N-methyl/N-ethyl adjacent to an activating group) is 1. The summed E-state index contributed by atoms with van der Waals surface area (Å²) in [5, 5.41) is 11.2. The molecule has 0 unspecified atom stereocenters. The van der Waals surface area contributed by atoms with E-state index < -0.39 is 0 Å². The van der Waals surface area contributed by atoms with Gasteiger partial charge in [0.2, 0.25) is 5.91 Å². The molecule has 6 nitrogen and oxygen atoms in total. The van der Waals surface area contributed by atoms with Gasteiger partial charge in [-0.2, -0.15) is 5.10 Å². The number of aromatic nitrogens is 3. The maximum Gasteiger partial charge on any atom is 0.241 e. The summed E-state index contributed by atoms with van der Waals surface area (Å²) < 4.78 is 1.68. The molecule has 0 aliphatic rings. The molecule has 0 saturated carbocycles. The summed E-state index contributed by atoms with van der Waals surface area (Å²) in [4.78, 5) is 17.1. The van der Waals surface area contributed by atoms with E-state index in [9.17, 15) is 4.79 Å². The Balaban J connectivity index is 2.00. The van der Waals surface area contributed by atoms with Crippen LogP contribution in [0.5, 0.6) is 0 Å². The molecule has 1 amide bonds. The highest BCUT2D eigenvalue weighted by Gasteiger charge is 2.08. The molecule has 108 valence electrons. The standard InChI is InChI=1S/C13H19N5OS/c1-8-5-11(17-18(8)7-12(19)14-4)15-6-13-16-9(2)10(3)20-13/h5H,6-7H2,1-4H3,(H,14,19)(H,15,17). The van der Waals surface area contributed by atoms with Crippen molar-refractivity contribution in [2.75, 3.05) is 12.4 Å². The van der Waals surface area contributed by atoms with Gasteiger partial charge >= 0.3 is 0 Å². The van der Waals surface area contributed by atoms with E-state index >= 15 is 0 Å². The van der Waals surface area contributed by atoms with Crippen LogP contribution in [0.1, 0.15) is 21.3 Å². The summed E-state index contributed by atoms with van der Waals surface area (Å²) >= 11 is 1.69. The molecule has 7 heteroatoms. The van der Waals surface area contributed by atoms with Crippen molar-refractivity contribution in [3.63, 3.8) is 0 Å². The average Bonchev–Trinajstić information content (AvgIpc) is 2.91. The Hall–Kier alpha value is -1.89. The number of thiazole rings is 1. The van der Waals surface area contributed by atoms with Crippen LogP contribution in [0.2, 0.25) is 0 Å². The van der Waals surface area contributed by atoms with Gasteiger partial charge in [0.1, 0.15) is 17.4 Å². The lowest BCUT2D eigenvalue weighted by atomic mass is 10.4. The summed E-state index contributed by atoms with van der Waals surface area (Å²) in [5.41, 5.74) is 2.02. The summed E-state index contributed by atoms with van der Waals surface area (Å²) in [6.07, 6.45) is 0. The SMILES string of the molecule is CNC(=O)Cn1nc(NCc2nc(C)c(C)s2)cc1C. The van der Waals surface area contributed by atoms with Crippen molar-refractivity contribution in [1.82, 2.24) is 20.1 Å². The number of carbonyl (C=O) groups is 1. The van der Waals surface area contributed by atoms with Gasteiger partial charge < -0.3 is 10.6 Å². The number of nitrogens with zero attached hydrogens (tertiary/aromatic N) is 3. The third-order valence-corrected chi connectivity index (χ3v) is 4.12. The van der Waals surface area contributed by atoms with Crippen LogP contribution in [-0.2, 0) is 17.9 Å². The summed E-state index contributed by atoms with van der Waals surface area (Å²) in [6.45, 7) is 6.89. The molecule has 2 aromatic heterocycles. The third-order valence-electron chi connectivity index (χ3n) is 3.05. The normalized spacial score (nSPS) is 10.6. The van der Waals surface area contributed by atoms with Crippen LogP contribution >= 0.6 is 11.3 Å². The Kier molecular flexibility index (Phi) is 4.39. The Morgan fingerprint density at radius 2 is 2.15 bits per heavy atom. The van der Waals surface area contributed by atoms with E-state index in [2.05, 4.69) is 27.6 Å². The average molecular weight is 293 g/mol. The topological polar surface area (TPSA) is 71.8 Å². The van der Waals surface area contributed by atoms with Gasteiger partial charge in [0.25, 0.3) is 0 Å². The second kappa shape index (κ2) is 6.04. The second-order valence-electron chi connectivity index (χ2n) is 4.60. The van der Waals surface area contributed by atoms with Crippen LogP contribution in [-0.4, -0.2) is 27.7 Å². The Morgan fingerprint density at radius 1 is 1.40 bits per heavy atom. The predicted molar refractivity (Wildman–Crippen MR) is 79.9 cm³/mol. The minimum Gasteiger partial charge on any atom is -0.362 e. The fourth-order valence-corrected chi connectivity index (χ4v) is 2.63. The molecule has 0 radical (unpaired) electrons. The van der Waals surface area contributed by atoms with Gasteiger partial charge in [-0.05, 0) is 20.8 Å². The highest BCUT2D eigenvalue weighted by molar-refractivity contribution is 7.11. The zero-order chi connectivity index (χ0) is 14.7. The summed E-state index contributed by atoms with van der Waals surface area (Å²) in [5.74, 6) is 0.700. The molecule has 0 saturated heterocycles. The molecule has 0 aliphatic heterocycles. The maximum atomic E-state index is 11.4. The zero-order valence-electron chi connectivity index (χ0n) is 12.1. The minimum absolute atomic E-state index is 0.0612. The van der Waals surface area contributed by atoms with Crippen molar-refractivity contribution in [2.45, 2.75) is 33.9 Å². The Bertz CT molecular complexity index is 597. The number of rotatable bonds is 5. The van der Waals surface area contributed by atoms with Crippen molar-refractivity contribution in [3.8, 4) is 0 Å². The zero-order valence-corrected chi connectivity index (χ0v) is 13.0. The lowest BCUT2D eigenvalue weighted by molar-refractivity contribution is -0.121. The van der Waals surface area contributed by atoms with Gasteiger partial charge in [-0.3, -0.25) is 9.48 Å². The number of nitrogens with one attached hydrogen (secondary N) is 2. The quantitative estimate of drug-likeness (QED) is 0.879. The number of anilines is 1. The number of hydrogen-bond donors (Lipinski definition) is 2. The molecular weight excluding hydrogens is 274 g/mol. The summed E-state index contributed by atoms with van der Waals surface area (Å²) in [7, 11) is 1.62. The molecule has 2 N–H and O–H groups in total. The van der Waals surface area contributed by atoms with E-state index in [1.807, 2.05) is 19.9 Å². The second-order valence-corrected chi connectivity index (χ2v) is 5.89. The number of aryl methyl sites for hydroxylation is 3. The molecule has 0 atom stereocenters. The first-order valence-electron chi connectivity index (χ1n) is 6.41. The molecule has 0 bridgehead atoms. The maximum absolute atomic E-state index is 11.4. The molecule has 2 rings (SSSR count). The van der Waals surface area contributed by atoms with Crippen molar-refractivity contribution in [1.29, 1.82) is 0 Å². The monoisotopic (exact) mass is 293 g/mol. The molecule has 2 heterocycles. The van der Waals surface area contributed by atoms with Crippen LogP contribution in [0.15, 0.2) is 6.07 Å². The van der Waals surface area contributed by atoms with Gasteiger partial charge in [-0.1, -0.05) is 0 Å². The minimum atomic E-state index is -0.0612. The van der Waals surface area contributed by atoms with Gasteiger partial charge in [0.05, 0.1) is 12.2 Å². The fourth-order valence-electron chi connectivity index (χ4n) is 1.75. The van der Waals surface area contributed by atoms with E-state index in [4.69, 9.17) is 0 Å². The third kappa shape index (κ3) is 3.36. The highest BCUT2D eigenvalue weighted by Crippen LogP contribution is 2.18. The lowest BCUT2D eigenvalue weighted by Gasteiger charge is -2.02. The van der Waals surface area contributed by atoms with E-state index in [0.717, 1.165) is 22.2 Å². The van der Waals surface area contributed by atoms with E-state index in [-0.39, 0.29) is 12.5 Å². The molecule has 0 aromatic carbocycles. The van der Waals surface area contributed by atoms with E-state index in [0.29, 0.717) is 6.54 Å². The smallest absolute Gasteiger partial charge is 0.241 e. The Morgan fingerprint density at radius 3 is 2.75 bits per heavy atom. The van der Waals surface area contributed by atoms with Crippen LogP contribution in [0.25, 0.3) is 0 Å². The number of carbonyl (C=O) groups excluding carboxylic acids is 1. The Labute approximate surface area is 122 Å². The molecule has 2 aromatic rings. The number of amides is 1. The number of hydrogen-bond acceptors (Lipinski definition) is 5. The van der Waals surface area contributed by atoms with Gasteiger partial charge in [0.15, 0.2) is 0 Å². The van der Waals surface area contributed by atoms with Crippen LogP contribution < -0.4 is 10.6 Å². The van der Waals surface area contributed by atoms with E-state index in [1.54, 1.807) is 23.1 Å². The van der Waals surface area contributed by atoms with Gasteiger partial charge in [-0.15, -0.1) is 11.3 Å². The van der Waals surface area contributed by atoms with Crippen molar-refractivity contribution in [2.24, 2.45) is 0 Å². The van der Waals surface area contributed by atoms with Crippen molar-refractivity contribution >= 4 is 23.1 Å². The van der Waals surface area contributed by atoms with Gasteiger partial charge in [0, 0.05) is 23.7 Å². The van der Waals surface area contributed by atoms with Crippen LogP contribution in [0.3, 0.4) is 0 Å². The lowest BCUT2D eigenvalue weighted by Crippen LogP contribution is -2.24. The fraction of sp³-hybridized carbons (Fsp3) is 0.462. The molecule has 0 spiro atoms. The van der Waals surface area contributed by atoms with Crippen LogP contribution in [0, 0.1) is 20.8 Å². The molecule has 0 aliphatic carbocycles. The van der Waals surface area contributed by atoms with Crippen LogP contribution in [0.4, 0.5) is 5.82 Å². The van der Waals surface area contributed by atoms with Gasteiger partial charge in [-0.25, -0.2) is 4.98 Å². The van der Waals surface area contributed by atoms with Crippen molar-refractivity contribution < 1.29 is 4.79 Å². The first-order chi connectivity index (χ1) is 9.49. The first kappa shape index (κ1) is 14.5. The largest absolute Gasteiger partial charge is 0.362 e. The molecule has 20 heavy (non-hydrogen) atoms. The summed E-state index contributed by atoms with van der Waals surface area (Å²) in [6, 6.07) is 1.93. The van der Waals surface area contributed by atoms with E-state index in [1.165, 1.54) is 4.88 Å². The highest BCUT2D eigenvalue weighted by atomic mass is 32.1. The predicted octanol–water partition coefficient (Wildman–Crippen LogP) is 1.62. The first-order valence-corrected chi connectivity index (χ1v) is 7.23. The molecular formula is C13H19N5OS. The van der Waals surface area contributed by atoms with Crippen molar-refractivity contribution in [3.05, 3.63) is 27.3 Å². The molecule has 0 fully saturated rings.